The predicted molar refractivity (Wildman–Crippen MR) is 127 cm³/mol. The Labute approximate surface area is 188 Å². The summed E-state index contributed by atoms with van der Waals surface area (Å²) in [4.78, 5) is 14.5. The highest BCUT2D eigenvalue weighted by molar-refractivity contribution is 5.83. The SMILES string of the molecule is CCCNc1ncc(-c2nc3ccccc3n2C2COCCN2)c(NC2CCCNC2)n1. The average Bonchev–Trinajstić information content (AvgIpc) is 3.23. The third-order valence-corrected chi connectivity index (χ3v) is 6.01. The molecule has 32 heavy (non-hydrogen) atoms. The molecule has 1 aromatic carbocycles. The highest BCUT2D eigenvalue weighted by Crippen LogP contribution is 2.33. The molecule has 2 aliphatic heterocycles. The van der Waals surface area contributed by atoms with E-state index in [9.17, 15) is 0 Å². The zero-order chi connectivity index (χ0) is 21.8. The predicted octanol–water partition coefficient (Wildman–Crippen LogP) is 2.60. The number of rotatable bonds is 7. The van der Waals surface area contributed by atoms with E-state index < -0.39 is 0 Å². The van der Waals surface area contributed by atoms with E-state index in [-0.39, 0.29) is 6.17 Å². The lowest BCUT2D eigenvalue weighted by atomic mass is 10.1. The van der Waals surface area contributed by atoms with Crippen molar-refractivity contribution in [3.05, 3.63) is 30.5 Å². The molecule has 2 atom stereocenters. The van der Waals surface area contributed by atoms with Crippen LogP contribution >= 0.6 is 0 Å². The van der Waals surface area contributed by atoms with Crippen molar-refractivity contribution in [3.8, 4) is 11.4 Å². The van der Waals surface area contributed by atoms with Gasteiger partial charge in [0.2, 0.25) is 5.95 Å². The van der Waals surface area contributed by atoms with E-state index >= 15 is 0 Å². The monoisotopic (exact) mass is 436 g/mol. The molecule has 4 N–H and O–H groups in total. The van der Waals surface area contributed by atoms with Crippen LogP contribution < -0.4 is 21.3 Å². The lowest BCUT2D eigenvalue weighted by Gasteiger charge is -2.28. The van der Waals surface area contributed by atoms with Crippen LogP contribution in [-0.2, 0) is 4.74 Å². The molecule has 2 aromatic heterocycles. The summed E-state index contributed by atoms with van der Waals surface area (Å²) in [6.45, 7) is 7.10. The molecular weight excluding hydrogens is 404 g/mol. The van der Waals surface area contributed by atoms with Crippen molar-refractivity contribution in [1.82, 2.24) is 30.2 Å². The number of para-hydroxylation sites is 2. The van der Waals surface area contributed by atoms with Gasteiger partial charge in [0, 0.05) is 31.9 Å². The van der Waals surface area contributed by atoms with Crippen molar-refractivity contribution in [3.63, 3.8) is 0 Å². The molecule has 170 valence electrons. The third-order valence-electron chi connectivity index (χ3n) is 6.01. The topological polar surface area (TPSA) is 101 Å². The molecule has 0 aliphatic carbocycles. The number of aromatic nitrogens is 4. The summed E-state index contributed by atoms with van der Waals surface area (Å²) in [5.74, 6) is 2.31. The van der Waals surface area contributed by atoms with E-state index in [1.807, 2.05) is 12.3 Å². The second-order valence-corrected chi connectivity index (χ2v) is 8.41. The molecule has 0 amide bonds. The first kappa shape index (κ1) is 21.1. The van der Waals surface area contributed by atoms with E-state index in [1.165, 1.54) is 0 Å². The standard InChI is InChI=1S/C23H32N8O/c1-2-9-26-23-27-14-17(21(30-23)28-16-6-5-10-24-13-16)22-29-18-7-3-4-8-19(18)31(22)20-15-32-12-11-25-20/h3-4,7-8,14,16,20,24-25H,2,5-6,9-13,15H2,1H3,(H2,26,27,28,30). The van der Waals surface area contributed by atoms with Crippen molar-refractivity contribution in [2.24, 2.45) is 0 Å². The molecule has 4 heterocycles. The van der Waals surface area contributed by atoms with Crippen LogP contribution in [0.4, 0.5) is 11.8 Å². The highest BCUT2D eigenvalue weighted by atomic mass is 16.5. The molecule has 2 fully saturated rings. The van der Waals surface area contributed by atoms with Gasteiger partial charge in [0.25, 0.3) is 0 Å². The third kappa shape index (κ3) is 4.41. The minimum absolute atomic E-state index is 0.00763. The van der Waals surface area contributed by atoms with Crippen LogP contribution in [0, 0.1) is 0 Å². The summed E-state index contributed by atoms with van der Waals surface area (Å²) >= 11 is 0. The van der Waals surface area contributed by atoms with Gasteiger partial charge in [0.05, 0.1) is 29.8 Å². The second-order valence-electron chi connectivity index (χ2n) is 8.41. The first-order valence-corrected chi connectivity index (χ1v) is 11.7. The van der Waals surface area contributed by atoms with E-state index in [1.54, 1.807) is 0 Å². The molecule has 2 unspecified atom stereocenters. The Morgan fingerprint density at radius 3 is 2.97 bits per heavy atom. The zero-order valence-corrected chi connectivity index (χ0v) is 18.6. The first-order valence-electron chi connectivity index (χ1n) is 11.7. The van der Waals surface area contributed by atoms with Crippen molar-refractivity contribution in [2.45, 2.75) is 38.4 Å². The van der Waals surface area contributed by atoms with Crippen molar-refractivity contribution >= 4 is 22.8 Å². The van der Waals surface area contributed by atoms with Gasteiger partial charge in [-0.15, -0.1) is 0 Å². The van der Waals surface area contributed by atoms with Gasteiger partial charge in [-0.05, 0) is 37.9 Å². The summed E-state index contributed by atoms with van der Waals surface area (Å²) in [6.07, 6.45) is 5.19. The number of piperidine rings is 1. The number of morpholine rings is 1. The van der Waals surface area contributed by atoms with Gasteiger partial charge in [0.1, 0.15) is 17.8 Å². The molecule has 2 saturated heterocycles. The maximum Gasteiger partial charge on any atom is 0.224 e. The van der Waals surface area contributed by atoms with Gasteiger partial charge in [-0.2, -0.15) is 4.98 Å². The number of hydrogen-bond donors (Lipinski definition) is 4. The number of hydrogen-bond acceptors (Lipinski definition) is 8. The number of nitrogens with zero attached hydrogens (tertiary/aromatic N) is 4. The van der Waals surface area contributed by atoms with Crippen LogP contribution in [0.25, 0.3) is 22.4 Å². The molecule has 5 rings (SSSR count). The number of ether oxygens (including phenoxy) is 1. The summed E-state index contributed by atoms with van der Waals surface area (Å²) in [5, 5.41) is 14.1. The van der Waals surface area contributed by atoms with E-state index in [4.69, 9.17) is 14.7 Å². The van der Waals surface area contributed by atoms with Gasteiger partial charge in [-0.1, -0.05) is 19.1 Å². The Morgan fingerprint density at radius 1 is 1.22 bits per heavy atom. The lowest BCUT2D eigenvalue weighted by molar-refractivity contribution is 0.0552. The van der Waals surface area contributed by atoms with Gasteiger partial charge < -0.3 is 25.3 Å². The summed E-state index contributed by atoms with van der Waals surface area (Å²) < 4.78 is 8.02. The minimum Gasteiger partial charge on any atom is -0.377 e. The maximum absolute atomic E-state index is 5.78. The zero-order valence-electron chi connectivity index (χ0n) is 18.6. The molecule has 9 heteroatoms. The normalized spacial score (nSPS) is 21.5. The Kier molecular flexibility index (Phi) is 6.47. The molecule has 0 spiro atoms. The molecule has 0 radical (unpaired) electrons. The fraction of sp³-hybridized carbons (Fsp3) is 0.522. The lowest BCUT2D eigenvalue weighted by Crippen LogP contribution is -2.39. The smallest absolute Gasteiger partial charge is 0.224 e. The molecule has 9 nitrogen and oxygen atoms in total. The Morgan fingerprint density at radius 2 is 2.16 bits per heavy atom. The summed E-state index contributed by atoms with van der Waals surface area (Å²) in [5.41, 5.74) is 2.93. The summed E-state index contributed by atoms with van der Waals surface area (Å²) in [7, 11) is 0. The second kappa shape index (κ2) is 9.81. The fourth-order valence-corrected chi connectivity index (χ4v) is 4.41. The number of fused-ring (bicyclic) bond motifs is 1. The molecule has 3 aromatic rings. The number of anilines is 2. The largest absolute Gasteiger partial charge is 0.377 e. The molecule has 0 saturated carbocycles. The maximum atomic E-state index is 5.78. The Bertz CT molecular complexity index is 1040. The van der Waals surface area contributed by atoms with Crippen LogP contribution in [0.15, 0.2) is 30.5 Å². The van der Waals surface area contributed by atoms with Gasteiger partial charge in [-0.25, -0.2) is 9.97 Å². The molecule has 0 bridgehead atoms. The summed E-state index contributed by atoms with van der Waals surface area (Å²) in [6, 6.07) is 8.56. The van der Waals surface area contributed by atoms with Crippen LogP contribution in [0.2, 0.25) is 0 Å². The Balaban J connectivity index is 1.59. The number of nitrogens with one attached hydrogen (secondary N) is 4. The first-order chi connectivity index (χ1) is 15.8. The van der Waals surface area contributed by atoms with Crippen LogP contribution in [0.3, 0.4) is 0 Å². The van der Waals surface area contributed by atoms with Crippen molar-refractivity contribution in [2.75, 3.05) is 50.0 Å². The quantitative estimate of drug-likeness (QED) is 0.448. The van der Waals surface area contributed by atoms with Crippen LogP contribution in [0.5, 0.6) is 0 Å². The Hall–Kier alpha value is -2.75. The van der Waals surface area contributed by atoms with Crippen molar-refractivity contribution < 1.29 is 4.74 Å². The van der Waals surface area contributed by atoms with Gasteiger partial charge in [-0.3, -0.25) is 5.32 Å². The van der Waals surface area contributed by atoms with E-state index in [0.717, 1.165) is 80.3 Å². The molecule has 2 aliphatic rings. The minimum atomic E-state index is 0.00763. The number of imidazole rings is 1. The highest BCUT2D eigenvalue weighted by Gasteiger charge is 2.25. The molecular formula is C23H32N8O. The average molecular weight is 437 g/mol. The number of benzene rings is 1. The fourth-order valence-electron chi connectivity index (χ4n) is 4.41. The van der Waals surface area contributed by atoms with E-state index in [0.29, 0.717) is 18.6 Å². The van der Waals surface area contributed by atoms with Crippen molar-refractivity contribution in [1.29, 1.82) is 0 Å². The van der Waals surface area contributed by atoms with E-state index in [2.05, 4.69) is 55.9 Å². The van der Waals surface area contributed by atoms with Gasteiger partial charge in [0.15, 0.2) is 0 Å². The van der Waals surface area contributed by atoms with Gasteiger partial charge >= 0.3 is 0 Å². The van der Waals surface area contributed by atoms with Crippen LogP contribution in [0.1, 0.15) is 32.4 Å². The van der Waals surface area contributed by atoms with Crippen LogP contribution in [-0.4, -0.2) is 65.0 Å².